The largest absolute Gasteiger partial charge is 0.452 e. The van der Waals surface area contributed by atoms with Gasteiger partial charge >= 0.3 is 0 Å². The van der Waals surface area contributed by atoms with Crippen LogP contribution in [-0.2, 0) is 0 Å². The number of nitrogens with zero attached hydrogens (tertiary/aromatic N) is 2. The molecule has 3 aromatic carbocycles. The van der Waals surface area contributed by atoms with E-state index in [1.165, 1.54) is 5.56 Å². The van der Waals surface area contributed by atoms with E-state index in [2.05, 4.69) is 30.0 Å². The molecule has 1 heterocycles. The zero-order valence-corrected chi connectivity index (χ0v) is 13.6. The standard InChI is InChI=1S/C21H16N2O/c1-14-7-3-4-11-18(14)23(2)19-12-6-10-17-16-9-5-8-15(13-22)20(16)24-21(17)19/h3-12H,1-2H3. The monoisotopic (exact) mass is 312 g/mol. The maximum Gasteiger partial charge on any atom is 0.159 e. The summed E-state index contributed by atoms with van der Waals surface area (Å²) in [6.45, 7) is 2.10. The third-order valence-electron chi connectivity index (χ3n) is 4.46. The van der Waals surface area contributed by atoms with Gasteiger partial charge in [0.15, 0.2) is 11.2 Å². The van der Waals surface area contributed by atoms with Gasteiger partial charge in [-0.25, -0.2) is 0 Å². The van der Waals surface area contributed by atoms with Gasteiger partial charge in [0.05, 0.1) is 11.3 Å². The maximum atomic E-state index is 9.33. The van der Waals surface area contributed by atoms with Gasteiger partial charge in [-0.15, -0.1) is 0 Å². The molecule has 0 aliphatic carbocycles. The van der Waals surface area contributed by atoms with Crippen molar-refractivity contribution >= 4 is 33.3 Å². The first-order chi connectivity index (χ1) is 11.7. The Morgan fingerprint density at radius 2 is 1.50 bits per heavy atom. The van der Waals surface area contributed by atoms with Gasteiger partial charge in [-0.1, -0.05) is 42.5 Å². The Kier molecular flexibility index (Phi) is 3.25. The quantitative estimate of drug-likeness (QED) is 0.488. The van der Waals surface area contributed by atoms with Crippen LogP contribution >= 0.6 is 0 Å². The third kappa shape index (κ3) is 2.04. The van der Waals surface area contributed by atoms with Crippen molar-refractivity contribution in [2.45, 2.75) is 6.92 Å². The summed E-state index contributed by atoms with van der Waals surface area (Å²) in [5.41, 5.74) is 5.34. The van der Waals surface area contributed by atoms with E-state index in [0.29, 0.717) is 11.1 Å². The molecule has 0 aliphatic rings. The minimum absolute atomic E-state index is 0.563. The second-order valence-electron chi connectivity index (χ2n) is 5.90. The van der Waals surface area contributed by atoms with Crippen LogP contribution in [-0.4, -0.2) is 7.05 Å². The van der Waals surface area contributed by atoms with E-state index in [1.54, 1.807) is 6.07 Å². The summed E-state index contributed by atoms with van der Waals surface area (Å²) in [6.07, 6.45) is 0. The molecule has 0 bridgehead atoms. The number of rotatable bonds is 2. The van der Waals surface area contributed by atoms with Gasteiger partial charge in [0, 0.05) is 23.5 Å². The van der Waals surface area contributed by atoms with Crippen molar-refractivity contribution in [1.82, 2.24) is 0 Å². The van der Waals surface area contributed by atoms with Crippen molar-refractivity contribution in [2.24, 2.45) is 0 Å². The zero-order chi connectivity index (χ0) is 16.7. The summed E-state index contributed by atoms with van der Waals surface area (Å²) in [4.78, 5) is 2.13. The molecular formula is C21H16N2O. The highest BCUT2D eigenvalue weighted by atomic mass is 16.3. The summed E-state index contributed by atoms with van der Waals surface area (Å²) in [5, 5.41) is 11.3. The number of anilines is 2. The molecule has 3 nitrogen and oxygen atoms in total. The molecule has 0 aliphatic heterocycles. The normalized spacial score (nSPS) is 10.9. The minimum atomic E-state index is 0.563. The molecule has 0 saturated heterocycles. The molecule has 4 rings (SSSR count). The Morgan fingerprint density at radius 1 is 0.833 bits per heavy atom. The van der Waals surface area contributed by atoms with Crippen LogP contribution in [0.1, 0.15) is 11.1 Å². The van der Waals surface area contributed by atoms with Crippen LogP contribution in [0.3, 0.4) is 0 Å². The summed E-state index contributed by atoms with van der Waals surface area (Å²) in [7, 11) is 2.04. The number of aryl methyl sites for hydroxylation is 1. The van der Waals surface area contributed by atoms with Gasteiger partial charge in [-0.05, 0) is 30.7 Å². The second-order valence-corrected chi connectivity index (χ2v) is 5.90. The van der Waals surface area contributed by atoms with Crippen LogP contribution in [0.25, 0.3) is 21.9 Å². The van der Waals surface area contributed by atoms with E-state index < -0.39 is 0 Å². The lowest BCUT2D eigenvalue weighted by Gasteiger charge is -2.21. The topological polar surface area (TPSA) is 40.2 Å². The Bertz CT molecular complexity index is 1100. The van der Waals surface area contributed by atoms with Gasteiger partial charge < -0.3 is 9.32 Å². The molecule has 4 aromatic rings. The predicted octanol–water partition coefficient (Wildman–Crippen LogP) is 5.53. The maximum absolute atomic E-state index is 9.33. The summed E-state index contributed by atoms with van der Waals surface area (Å²) in [5.74, 6) is 0. The van der Waals surface area contributed by atoms with Crippen molar-refractivity contribution in [3.8, 4) is 6.07 Å². The van der Waals surface area contributed by atoms with Gasteiger partial charge in [-0.3, -0.25) is 0 Å². The van der Waals surface area contributed by atoms with Crippen LogP contribution in [0.5, 0.6) is 0 Å². The SMILES string of the molecule is Cc1ccccc1N(C)c1cccc2c1oc1c(C#N)cccc12. The minimum Gasteiger partial charge on any atom is -0.452 e. The van der Waals surface area contributed by atoms with Gasteiger partial charge in [0.2, 0.25) is 0 Å². The molecule has 1 aromatic heterocycles. The summed E-state index contributed by atoms with van der Waals surface area (Å²) >= 11 is 0. The van der Waals surface area contributed by atoms with E-state index >= 15 is 0 Å². The fourth-order valence-electron chi connectivity index (χ4n) is 3.23. The molecule has 0 amide bonds. The van der Waals surface area contributed by atoms with Crippen LogP contribution in [0.2, 0.25) is 0 Å². The number of hydrogen-bond acceptors (Lipinski definition) is 3. The molecule has 0 atom stereocenters. The van der Waals surface area contributed by atoms with Gasteiger partial charge in [0.25, 0.3) is 0 Å². The molecule has 0 spiro atoms. The van der Waals surface area contributed by atoms with Crippen LogP contribution in [0.4, 0.5) is 11.4 Å². The first-order valence-electron chi connectivity index (χ1n) is 7.84. The van der Waals surface area contributed by atoms with Crippen molar-refractivity contribution in [3.63, 3.8) is 0 Å². The lowest BCUT2D eigenvalue weighted by Crippen LogP contribution is -2.10. The van der Waals surface area contributed by atoms with Crippen LogP contribution in [0.15, 0.2) is 65.1 Å². The number of fused-ring (bicyclic) bond motifs is 3. The fourth-order valence-corrected chi connectivity index (χ4v) is 3.23. The Balaban J connectivity index is 2.00. The highest BCUT2D eigenvalue weighted by Crippen LogP contribution is 2.38. The van der Waals surface area contributed by atoms with Crippen molar-refractivity contribution in [2.75, 3.05) is 11.9 Å². The average molecular weight is 312 g/mol. The number of benzene rings is 3. The average Bonchev–Trinajstić information content (AvgIpc) is 3.00. The Hall–Kier alpha value is -3.25. The molecule has 0 radical (unpaired) electrons. The molecular weight excluding hydrogens is 296 g/mol. The number of nitriles is 1. The van der Waals surface area contributed by atoms with E-state index in [1.807, 2.05) is 49.5 Å². The smallest absolute Gasteiger partial charge is 0.159 e. The summed E-state index contributed by atoms with van der Waals surface area (Å²) in [6, 6.07) is 22.3. The number of furan rings is 1. The molecule has 3 heteroatoms. The lowest BCUT2D eigenvalue weighted by atomic mass is 10.1. The van der Waals surface area contributed by atoms with Crippen molar-refractivity contribution in [1.29, 1.82) is 5.26 Å². The first-order valence-corrected chi connectivity index (χ1v) is 7.84. The Morgan fingerprint density at radius 3 is 2.25 bits per heavy atom. The highest BCUT2D eigenvalue weighted by Gasteiger charge is 2.16. The number of para-hydroxylation sites is 3. The number of hydrogen-bond donors (Lipinski definition) is 0. The first kappa shape index (κ1) is 14.3. The molecule has 0 saturated carbocycles. The Labute approximate surface area is 140 Å². The molecule has 0 fully saturated rings. The fraction of sp³-hybridized carbons (Fsp3) is 0.0952. The van der Waals surface area contributed by atoms with E-state index in [0.717, 1.165) is 27.7 Å². The van der Waals surface area contributed by atoms with E-state index in [-0.39, 0.29) is 0 Å². The van der Waals surface area contributed by atoms with Gasteiger partial charge in [0.1, 0.15) is 6.07 Å². The van der Waals surface area contributed by atoms with Crippen LogP contribution < -0.4 is 4.90 Å². The third-order valence-corrected chi connectivity index (χ3v) is 4.46. The molecule has 24 heavy (non-hydrogen) atoms. The van der Waals surface area contributed by atoms with E-state index in [9.17, 15) is 5.26 Å². The molecule has 116 valence electrons. The zero-order valence-electron chi connectivity index (χ0n) is 13.6. The van der Waals surface area contributed by atoms with E-state index in [4.69, 9.17) is 4.42 Å². The van der Waals surface area contributed by atoms with Crippen molar-refractivity contribution in [3.05, 3.63) is 71.8 Å². The van der Waals surface area contributed by atoms with Crippen LogP contribution in [0, 0.1) is 18.3 Å². The summed E-state index contributed by atoms with van der Waals surface area (Å²) < 4.78 is 6.12. The second kappa shape index (κ2) is 5.43. The molecule has 0 N–H and O–H groups in total. The highest BCUT2D eigenvalue weighted by molar-refractivity contribution is 6.10. The lowest BCUT2D eigenvalue weighted by molar-refractivity contribution is 0.667. The predicted molar refractivity (Wildman–Crippen MR) is 97.7 cm³/mol. The molecule has 0 unspecified atom stereocenters. The van der Waals surface area contributed by atoms with Gasteiger partial charge in [-0.2, -0.15) is 5.26 Å². The van der Waals surface area contributed by atoms with Crippen molar-refractivity contribution < 1.29 is 4.42 Å².